The van der Waals surface area contributed by atoms with Gasteiger partial charge in [0.05, 0.1) is 27.9 Å². The van der Waals surface area contributed by atoms with Gasteiger partial charge in [-0.05, 0) is 49.6 Å². The molecule has 1 aliphatic rings. The average molecular weight is 421 g/mol. The lowest BCUT2D eigenvalue weighted by molar-refractivity contribution is 0.0917. The fourth-order valence-corrected chi connectivity index (χ4v) is 4.74. The van der Waals surface area contributed by atoms with Gasteiger partial charge in [0, 0.05) is 17.2 Å². The van der Waals surface area contributed by atoms with Gasteiger partial charge in [0.15, 0.2) is 5.13 Å². The molecule has 1 unspecified atom stereocenters. The summed E-state index contributed by atoms with van der Waals surface area (Å²) in [6.45, 7) is 3.18. The van der Waals surface area contributed by atoms with Crippen LogP contribution in [0.4, 0.5) is 5.13 Å². The number of aryl methyl sites for hydroxylation is 1. The summed E-state index contributed by atoms with van der Waals surface area (Å²) in [4.78, 5) is 19.7. The number of thiazole rings is 1. The zero-order chi connectivity index (χ0) is 19.0. The first-order chi connectivity index (χ1) is 13.0. The number of benzene rings is 2. The first-order valence-electron chi connectivity index (χ1n) is 8.77. The second kappa shape index (κ2) is 7.76. The molecule has 0 aliphatic carbocycles. The van der Waals surface area contributed by atoms with E-state index in [0.29, 0.717) is 27.3 Å². The number of nitrogens with zero attached hydrogens (tertiary/aromatic N) is 2. The van der Waals surface area contributed by atoms with Gasteiger partial charge in [-0.3, -0.25) is 9.69 Å². The van der Waals surface area contributed by atoms with E-state index in [0.717, 1.165) is 35.2 Å². The number of halogens is 2. The van der Waals surface area contributed by atoms with Crippen molar-refractivity contribution >= 4 is 55.8 Å². The van der Waals surface area contributed by atoms with E-state index in [2.05, 4.69) is 0 Å². The van der Waals surface area contributed by atoms with Gasteiger partial charge in [-0.1, -0.05) is 46.7 Å². The number of anilines is 1. The minimum atomic E-state index is -0.138. The van der Waals surface area contributed by atoms with Crippen LogP contribution in [0.15, 0.2) is 36.4 Å². The van der Waals surface area contributed by atoms with Gasteiger partial charge in [0.2, 0.25) is 0 Å². The van der Waals surface area contributed by atoms with Gasteiger partial charge in [-0.25, -0.2) is 4.98 Å². The highest BCUT2D eigenvalue weighted by molar-refractivity contribution is 7.23. The van der Waals surface area contributed by atoms with Crippen molar-refractivity contribution in [1.29, 1.82) is 0 Å². The molecule has 1 atom stereocenters. The molecule has 0 N–H and O–H groups in total. The van der Waals surface area contributed by atoms with E-state index in [9.17, 15) is 4.79 Å². The Morgan fingerprint density at radius 1 is 1.33 bits per heavy atom. The van der Waals surface area contributed by atoms with E-state index in [1.54, 1.807) is 29.2 Å². The molecule has 1 aromatic heterocycles. The Balaban J connectivity index is 1.76. The van der Waals surface area contributed by atoms with E-state index in [4.69, 9.17) is 32.9 Å². The Morgan fingerprint density at radius 3 is 2.89 bits per heavy atom. The fourth-order valence-electron chi connectivity index (χ4n) is 3.22. The van der Waals surface area contributed by atoms with E-state index in [1.807, 2.05) is 19.1 Å². The highest BCUT2D eigenvalue weighted by atomic mass is 35.5. The van der Waals surface area contributed by atoms with Crippen LogP contribution in [0.2, 0.25) is 10.0 Å². The van der Waals surface area contributed by atoms with Crippen molar-refractivity contribution in [2.75, 3.05) is 18.1 Å². The monoisotopic (exact) mass is 420 g/mol. The third kappa shape index (κ3) is 3.83. The number of fused-ring (bicyclic) bond motifs is 1. The lowest BCUT2D eigenvalue weighted by Gasteiger charge is -2.23. The van der Waals surface area contributed by atoms with Crippen LogP contribution in [0.1, 0.15) is 28.8 Å². The number of rotatable bonds is 4. The van der Waals surface area contributed by atoms with E-state index in [1.165, 1.54) is 11.3 Å². The zero-order valence-electron chi connectivity index (χ0n) is 14.7. The summed E-state index contributed by atoms with van der Waals surface area (Å²) < 4.78 is 6.66. The Hall–Kier alpha value is -1.66. The lowest BCUT2D eigenvalue weighted by Crippen LogP contribution is -2.37. The Morgan fingerprint density at radius 2 is 2.19 bits per heavy atom. The third-order valence-corrected chi connectivity index (χ3v) is 6.42. The lowest BCUT2D eigenvalue weighted by atomic mass is 10.2. The van der Waals surface area contributed by atoms with E-state index >= 15 is 0 Å². The summed E-state index contributed by atoms with van der Waals surface area (Å²) in [6, 6.07) is 10.8. The first kappa shape index (κ1) is 18.7. The van der Waals surface area contributed by atoms with Crippen LogP contribution in [0.5, 0.6) is 0 Å². The van der Waals surface area contributed by atoms with Crippen molar-refractivity contribution in [3.63, 3.8) is 0 Å². The van der Waals surface area contributed by atoms with Crippen LogP contribution < -0.4 is 4.90 Å². The Labute approximate surface area is 171 Å². The first-order valence-corrected chi connectivity index (χ1v) is 10.3. The van der Waals surface area contributed by atoms with Crippen molar-refractivity contribution in [1.82, 2.24) is 4.98 Å². The maximum absolute atomic E-state index is 13.3. The molecular weight excluding hydrogens is 403 g/mol. The molecule has 0 radical (unpaired) electrons. The number of aromatic nitrogens is 1. The van der Waals surface area contributed by atoms with E-state index in [-0.39, 0.29) is 12.0 Å². The Bertz CT molecular complexity index is 960. The summed E-state index contributed by atoms with van der Waals surface area (Å²) in [5.74, 6) is -0.138. The fraction of sp³-hybridized carbons (Fsp3) is 0.300. The minimum Gasteiger partial charge on any atom is -0.376 e. The summed E-state index contributed by atoms with van der Waals surface area (Å²) in [5.41, 5.74) is 2.39. The van der Waals surface area contributed by atoms with Gasteiger partial charge in [0.25, 0.3) is 5.91 Å². The van der Waals surface area contributed by atoms with Crippen LogP contribution in [0.25, 0.3) is 10.2 Å². The van der Waals surface area contributed by atoms with Gasteiger partial charge >= 0.3 is 0 Å². The third-order valence-electron chi connectivity index (χ3n) is 4.64. The Kier molecular flexibility index (Phi) is 5.37. The quantitative estimate of drug-likeness (QED) is 0.540. The summed E-state index contributed by atoms with van der Waals surface area (Å²) in [5, 5.41) is 1.80. The van der Waals surface area contributed by atoms with Crippen molar-refractivity contribution in [2.45, 2.75) is 25.9 Å². The molecule has 1 aliphatic heterocycles. The van der Waals surface area contributed by atoms with Crippen LogP contribution >= 0.6 is 34.5 Å². The van der Waals surface area contributed by atoms with Gasteiger partial charge in [0.1, 0.15) is 0 Å². The molecular formula is C20H18Cl2N2O2S. The maximum atomic E-state index is 13.3. The number of carbonyl (C=O) groups is 1. The molecule has 140 valence electrons. The van der Waals surface area contributed by atoms with Crippen molar-refractivity contribution in [3.05, 3.63) is 57.6 Å². The molecule has 0 bridgehead atoms. The molecule has 2 aromatic carbocycles. The highest BCUT2D eigenvalue weighted by Gasteiger charge is 2.27. The molecule has 0 saturated carbocycles. The van der Waals surface area contributed by atoms with Gasteiger partial charge in [-0.15, -0.1) is 0 Å². The normalized spacial score (nSPS) is 16.8. The number of amides is 1. The highest BCUT2D eigenvalue weighted by Crippen LogP contribution is 2.36. The van der Waals surface area contributed by atoms with Crippen molar-refractivity contribution < 1.29 is 9.53 Å². The topological polar surface area (TPSA) is 42.4 Å². The smallest absolute Gasteiger partial charge is 0.260 e. The molecule has 7 heteroatoms. The van der Waals surface area contributed by atoms with Crippen molar-refractivity contribution in [3.8, 4) is 0 Å². The van der Waals surface area contributed by atoms with Gasteiger partial charge in [-0.2, -0.15) is 0 Å². The van der Waals surface area contributed by atoms with Crippen LogP contribution in [0, 0.1) is 6.92 Å². The SMILES string of the molecule is Cc1ccc(Cl)c2sc(N(CC3CCCO3)C(=O)c3cccc(Cl)c3)nc12. The van der Waals surface area contributed by atoms with Gasteiger partial charge < -0.3 is 4.74 Å². The van der Waals surface area contributed by atoms with Crippen molar-refractivity contribution in [2.24, 2.45) is 0 Å². The minimum absolute atomic E-state index is 0.0108. The predicted molar refractivity (Wildman–Crippen MR) is 111 cm³/mol. The molecule has 27 heavy (non-hydrogen) atoms. The predicted octanol–water partition coefficient (Wildman–Crippen LogP) is 5.74. The number of carbonyl (C=O) groups excluding carboxylic acids is 1. The van der Waals surface area contributed by atoms with Crippen LogP contribution in [-0.2, 0) is 4.74 Å². The maximum Gasteiger partial charge on any atom is 0.260 e. The van der Waals surface area contributed by atoms with Crippen LogP contribution in [-0.4, -0.2) is 30.1 Å². The second-order valence-corrected chi connectivity index (χ2v) is 8.42. The molecule has 0 spiro atoms. The van der Waals surface area contributed by atoms with E-state index < -0.39 is 0 Å². The largest absolute Gasteiger partial charge is 0.376 e. The average Bonchev–Trinajstić information content (AvgIpc) is 3.32. The molecule has 3 aromatic rings. The standard InChI is InChI=1S/C20H18Cl2N2O2S/c1-12-7-8-16(22)18-17(12)23-20(27-18)24(11-15-6-3-9-26-15)19(25)13-4-2-5-14(21)10-13/h2,4-5,7-8,10,15H,3,6,9,11H2,1H3. The molecule has 1 fully saturated rings. The summed E-state index contributed by atoms with van der Waals surface area (Å²) >= 11 is 13.9. The zero-order valence-corrected chi connectivity index (χ0v) is 17.1. The molecule has 1 amide bonds. The molecule has 4 nitrogen and oxygen atoms in total. The summed E-state index contributed by atoms with van der Waals surface area (Å²) in [6.07, 6.45) is 1.95. The second-order valence-electron chi connectivity index (χ2n) is 6.60. The number of hydrogen-bond donors (Lipinski definition) is 0. The number of ether oxygens (including phenoxy) is 1. The molecule has 2 heterocycles. The van der Waals surface area contributed by atoms with Crippen LogP contribution in [0.3, 0.4) is 0 Å². The molecule has 4 rings (SSSR count). The summed E-state index contributed by atoms with van der Waals surface area (Å²) in [7, 11) is 0. The number of hydrogen-bond acceptors (Lipinski definition) is 4. The molecule has 1 saturated heterocycles.